The Morgan fingerprint density at radius 2 is 2.25 bits per heavy atom. The molecule has 1 aliphatic rings. The lowest BCUT2D eigenvalue weighted by Gasteiger charge is -2.28. The van der Waals surface area contributed by atoms with E-state index in [-0.39, 0.29) is 5.82 Å². The second-order valence-corrected chi connectivity index (χ2v) is 4.07. The van der Waals surface area contributed by atoms with Crippen molar-refractivity contribution in [2.75, 3.05) is 26.7 Å². The number of nitrogens with two attached hydrogens (primary N) is 1. The summed E-state index contributed by atoms with van der Waals surface area (Å²) in [6.07, 6.45) is 0.936. The van der Waals surface area contributed by atoms with E-state index in [0.29, 0.717) is 12.3 Å². The number of halogens is 1. The molecule has 0 saturated carbocycles. The van der Waals surface area contributed by atoms with Gasteiger partial charge in [0.25, 0.3) is 0 Å². The summed E-state index contributed by atoms with van der Waals surface area (Å²) in [5.74, 6) is 0.0573. The molecular weight excluding hydrogens is 207 g/mol. The maximum atomic E-state index is 13.5. The number of hydrogen-bond acceptors (Lipinski definition) is 3. The van der Waals surface area contributed by atoms with Crippen LogP contribution < -0.4 is 10.5 Å². The molecule has 3 nitrogen and oxygen atoms in total. The van der Waals surface area contributed by atoms with Crippen LogP contribution in [-0.2, 0) is 13.0 Å². The summed E-state index contributed by atoms with van der Waals surface area (Å²) in [7, 11) is 1.49. The molecule has 2 rings (SSSR count). The van der Waals surface area contributed by atoms with Gasteiger partial charge in [0.2, 0.25) is 0 Å². The highest BCUT2D eigenvalue weighted by Crippen LogP contribution is 2.26. The summed E-state index contributed by atoms with van der Waals surface area (Å²) >= 11 is 0. The van der Waals surface area contributed by atoms with Crippen molar-refractivity contribution in [2.24, 2.45) is 5.73 Å². The Hall–Kier alpha value is -1.13. The Morgan fingerprint density at radius 3 is 2.94 bits per heavy atom. The molecule has 0 aliphatic carbocycles. The molecule has 0 atom stereocenters. The average molecular weight is 224 g/mol. The van der Waals surface area contributed by atoms with Gasteiger partial charge in [-0.25, -0.2) is 4.39 Å². The summed E-state index contributed by atoms with van der Waals surface area (Å²) in [5, 5.41) is 0. The smallest absolute Gasteiger partial charge is 0.165 e. The molecule has 0 bridgehead atoms. The standard InChI is InChI=1S/C12H17FN2O/c1-16-12-7-9-2-4-15(5-3-14)8-10(9)6-11(12)13/h6-7H,2-5,8,14H2,1H3. The summed E-state index contributed by atoms with van der Waals surface area (Å²) < 4.78 is 18.5. The molecule has 0 amide bonds. The topological polar surface area (TPSA) is 38.5 Å². The molecule has 0 saturated heterocycles. The molecule has 0 spiro atoms. The minimum absolute atomic E-state index is 0.282. The van der Waals surface area contributed by atoms with Crippen molar-refractivity contribution in [3.05, 3.63) is 29.1 Å². The SMILES string of the molecule is COc1cc2c(cc1F)CN(CCN)CC2. The highest BCUT2D eigenvalue weighted by Gasteiger charge is 2.18. The fourth-order valence-electron chi connectivity index (χ4n) is 2.14. The summed E-state index contributed by atoms with van der Waals surface area (Å²) in [6.45, 7) is 3.29. The van der Waals surface area contributed by atoms with Crippen LogP contribution in [0.2, 0.25) is 0 Å². The van der Waals surface area contributed by atoms with Gasteiger partial charge in [-0.3, -0.25) is 4.90 Å². The number of benzene rings is 1. The molecule has 0 radical (unpaired) electrons. The van der Waals surface area contributed by atoms with Gasteiger partial charge >= 0.3 is 0 Å². The zero-order chi connectivity index (χ0) is 11.5. The average Bonchev–Trinajstić information content (AvgIpc) is 2.28. The first-order valence-electron chi connectivity index (χ1n) is 5.52. The zero-order valence-corrected chi connectivity index (χ0v) is 9.50. The molecule has 1 aromatic carbocycles. The summed E-state index contributed by atoms with van der Waals surface area (Å²) in [4.78, 5) is 2.24. The second-order valence-electron chi connectivity index (χ2n) is 4.07. The molecule has 4 heteroatoms. The lowest BCUT2D eigenvalue weighted by atomic mass is 9.99. The van der Waals surface area contributed by atoms with Crippen molar-refractivity contribution in [1.29, 1.82) is 0 Å². The van der Waals surface area contributed by atoms with Gasteiger partial charge in [0, 0.05) is 26.2 Å². The van der Waals surface area contributed by atoms with E-state index < -0.39 is 0 Å². The Balaban J connectivity index is 2.22. The van der Waals surface area contributed by atoms with Crippen LogP contribution in [0.1, 0.15) is 11.1 Å². The minimum atomic E-state index is -0.282. The van der Waals surface area contributed by atoms with E-state index in [1.807, 2.05) is 6.07 Å². The van der Waals surface area contributed by atoms with Gasteiger partial charge in [-0.1, -0.05) is 0 Å². The van der Waals surface area contributed by atoms with Gasteiger partial charge in [0.05, 0.1) is 7.11 Å². The van der Waals surface area contributed by atoms with Crippen molar-refractivity contribution in [3.63, 3.8) is 0 Å². The van der Waals surface area contributed by atoms with E-state index in [0.717, 1.165) is 31.6 Å². The van der Waals surface area contributed by atoms with Crippen LogP contribution in [0.4, 0.5) is 4.39 Å². The molecule has 0 unspecified atom stereocenters. The Morgan fingerprint density at radius 1 is 1.44 bits per heavy atom. The molecule has 2 N–H and O–H groups in total. The molecule has 88 valence electrons. The van der Waals surface area contributed by atoms with Crippen LogP contribution in [0.25, 0.3) is 0 Å². The Bertz CT molecular complexity index is 382. The predicted molar refractivity (Wildman–Crippen MR) is 61.0 cm³/mol. The maximum Gasteiger partial charge on any atom is 0.165 e. The first kappa shape index (κ1) is 11.4. The molecule has 0 fully saturated rings. The lowest BCUT2D eigenvalue weighted by molar-refractivity contribution is 0.260. The fourth-order valence-corrected chi connectivity index (χ4v) is 2.14. The summed E-state index contributed by atoms with van der Waals surface area (Å²) in [5.41, 5.74) is 7.76. The first-order valence-corrected chi connectivity index (χ1v) is 5.52. The van der Waals surface area contributed by atoms with Crippen molar-refractivity contribution in [3.8, 4) is 5.75 Å². The van der Waals surface area contributed by atoms with Crippen LogP contribution in [0.5, 0.6) is 5.75 Å². The van der Waals surface area contributed by atoms with Gasteiger partial charge < -0.3 is 10.5 Å². The van der Waals surface area contributed by atoms with E-state index in [2.05, 4.69) is 4.90 Å². The maximum absolute atomic E-state index is 13.5. The van der Waals surface area contributed by atoms with Crippen LogP contribution >= 0.6 is 0 Å². The van der Waals surface area contributed by atoms with Crippen molar-refractivity contribution in [1.82, 2.24) is 4.90 Å². The molecule has 1 heterocycles. The highest BCUT2D eigenvalue weighted by atomic mass is 19.1. The van der Waals surface area contributed by atoms with E-state index in [1.165, 1.54) is 12.7 Å². The quantitative estimate of drug-likeness (QED) is 0.837. The number of hydrogen-bond donors (Lipinski definition) is 1. The third kappa shape index (κ3) is 2.18. The van der Waals surface area contributed by atoms with Gasteiger partial charge in [-0.15, -0.1) is 0 Å². The Labute approximate surface area is 95.0 Å². The van der Waals surface area contributed by atoms with E-state index in [1.54, 1.807) is 6.07 Å². The van der Waals surface area contributed by atoms with Crippen LogP contribution in [0, 0.1) is 5.82 Å². The summed E-state index contributed by atoms with van der Waals surface area (Å²) in [6, 6.07) is 3.39. The number of ether oxygens (including phenoxy) is 1. The highest BCUT2D eigenvalue weighted by molar-refractivity contribution is 5.38. The number of fused-ring (bicyclic) bond motifs is 1. The molecule has 1 aliphatic heterocycles. The zero-order valence-electron chi connectivity index (χ0n) is 9.50. The van der Waals surface area contributed by atoms with Gasteiger partial charge in [-0.2, -0.15) is 0 Å². The van der Waals surface area contributed by atoms with E-state index in [9.17, 15) is 4.39 Å². The second kappa shape index (κ2) is 4.80. The monoisotopic (exact) mass is 224 g/mol. The number of rotatable bonds is 3. The van der Waals surface area contributed by atoms with E-state index in [4.69, 9.17) is 10.5 Å². The van der Waals surface area contributed by atoms with Gasteiger partial charge in [0.15, 0.2) is 11.6 Å². The van der Waals surface area contributed by atoms with Crippen LogP contribution in [0.15, 0.2) is 12.1 Å². The fraction of sp³-hybridized carbons (Fsp3) is 0.500. The molecular formula is C12H17FN2O. The number of methoxy groups -OCH3 is 1. The Kier molecular flexibility index (Phi) is 3.41. The minimum Gasteiger partial charge on any atom is -0.494 e. The van der Waals surface area contributed by atoms with Crippen molar-refractivity contribution in [2.45, 2.75) is 13.0 Å². The molecule has 16 heavy (non-hydrogen) atoms. The number of nitrogens with zero attached hydrogens (tertiary/aromatic N) is 1. The van der Waals surface area contributed by atoms with Gasteiger partial charge in [0.1, 0.15) is 0 Å². The predicted octanol–water partition coefficient (Wildman–Crippen LogP) is 1.15. The largest absolute Gasteiger partial charge is 0.494 e. The van der Waals surface area contributed by atoms with Crippen LogP contribution in [-0.4, -0.2) is 31.6 Å². The molecule has 1 aromatic rings. The third-order valence-electron chi connectivity index (χ3n) is 3.01. The van der Waals surface area contributed by atoms with Crippen molar-refractivity contribution < 1.29 is 9.13 Å². The van der Waals surface area contributed by atoms with Crippen molar-refractivity contribution >= 4 is 0 Å². The van der Waals surface area contributed by atoms with E-state index >= 15 is 0 Å². The first-order chi connectivity index (χ1) is 7.74. The van der Waals surface area contributed by atoms with Crippen LogP contribution in [0.3, 0.4) is 0 Å². The third-order valence-corrected chi connectivity index (χ3v) is 3.01. The molecule has 0 aromatic heterocycles. The lowest BCUT2D eigenvalue weighted by Crippen LogP contribution is -2.34. The van der Waals surface area contributed by atoms with Gasteiger partial charge in [-0.05, 0) is 29.7 Å². The normalized spacial score (nSPS) is 15.9.